The van der Waals surface area contributed by atoms with Crippen molar-refractivity contribution >= 4 is 6.09 Å². The van der Waals surface area contributed by atoms with E-state index in [1.54, 1.807) is 27.7 Å². The van der Waals surface area contributed by atoms with Crippen LogP contribution < -0.4 is 5.32 Å². The van der Waals surface area contributed by atoms with Crippen molar-refractivity contribution < 1.29 is 19.7 Å². The van der Waals surface area contributed by atoms with E-state index in [-0.39, 0.29) is 0 Å². The van der Waals surface area contributed by atoms with Gasteiger partial charge in [-0.3, -0.25) is 0 Å². The van der Waals surface area contributed by atoms with Gasteiger partial charge in [0.2, 0.25) is 0 Å². The highest BCUT2D eigenvalue weighted by molar-refractivity contribution is 5.68. The Bertz CT molecular complexity index is 188. The number of carbonyl (C=O) groups excluding carboxylic acids is 1. The van der Waals surface area contributed by atoms with Crippen molar-refractivity contribution in [3.63, 3.8) is 0 Å². The van der Waals surface area contributed by atoms with Crippen LogP contribution >= 0.6 is 0 Å². The summed E-state index contributed by atoms with van der Waals surface area (Å²) in [6.45, 7) is 6.45. The predicted octanol–water partition coefficient (Wildman–Crippen LogP) is 0.253. The maximum Gasteiger partial charge on any atom is 0.407 e. The molecule has 0 aromatic rings. The second-order valence-corrected chi connectivity index (χ2v) is 4.18. The molecule has 0 bridgehead atoms. The van der Waals surface area contributed by atoms with Gasteiger partial charge in [0.15, 0.2) is 0 Å². The fraction of sp³-hybridized carbons (Fsp3) is 0.889. The number of nitrogens with one attached hydrogen (secondary N) is 1. The average molecular weight is 205 g/mol. The predicted molar refractivity (Wildman–Crippen MR) is 51.9 cm³/mol. The van der Waals surface area contributed by atoms with Crippen LogP contribution in [0.4, 0.5) is 4.79 Å². The fourth-order valence-electron chi connectivity index (χ4n) is 0.748. The molecule has 84 valence electrons. The summed E-state index contributed by atoms with van der Waals surface area (Å²) < 4.78 is 4.96. The zero-order valence-corrected chi connectivity index (χ0v) is 9.07. The molecule has 0 spiro atoms. The molecule has 0 aliphatic rings. The van der Waals surface area contributed by atoms with E-state index in [1.807, 2.05) is 0 Å². The third-order valence-corrected chi connectivity index (χ3v) is 1.51. The van der Waals surface area contributed by atoms with Crippen molar-refractivity contribution in [1.82, 2.24) is 5.32 Å². The minimum atomic E-state index is -0.970. The number of hydrogen-bond acceptors (Lipinski definition) is 4. The van der Waals surface area contributed by atoms with Gasteiger partial charge in [0.05, 0.1) is 18.8 Å². The summed E-state index contributed by atoms with van der Waals surface area (Å²) in [4.78, 5) is 11.2. The Morgan fingerprint density at radius 2 is 2.00 bits per heavy atom. The lowest BCUT2D eigenvalue weighted by molar-refractivity contribution is 0.0347. The summed E-state index contributed by atoms with van der Waals surface area (Å²) in [7, 11) is 0. The van der Waals surface area contributed by atoms with Crippen LogP contribution in [0.3, 0.4) is 0 Å². The normalized spacial score (nSPS) is 15.9. The number of aliphatic hydroxyl groups excluding tert-OH is 2. The number of rotatable bonds is 3. The first-order chi connectivity index (χ1) is 6.26. The molecule has 0 aliphatic heterocycles. The van der Waals surface area contributed by atoms with Crippen LogP contribution in [0, 0.1) is 0 Å². The average Bonchev–Trinajstić information content (AvgIpc) is 1.99. The third kappa shape index (κ3) is 5.77. The summed E-state index contributed by atoms with van der Waals surface area (Å²) in [5.41, 5.74) is -0.562. The monoisotopic (exact) mass is 205 g/mol. The van der Waals surface area contributed by atoms with Crippen molar-refractivity contribution in [1.29, 1.82) is 0 Å². The van der Waals surface area contributed by atoms with Gasteiger partial charge in [-0.15, -0.1) is 0 Å². The highest BCUT2D eigenvalue weighted by atomic mass is 16.6. The Morgan fingerprint density at radius 1 is 1.50 bits per heavy atom. The molecule has 5 heteroatoms. The van der Waals surface area contributed by atoms with Gasteiger partial charge in [-0.1, -0.05) is 0 Å². The zero-order valence-electron chi connectivity index (χ0n) is 9.07. The van der Waals surface area contributed by atoms with Crippen LogP contribution in [0.25, 0.3) is 0 Å². The molecule has 0 rings (SSSR count). The highest BCUT2D eigenvalue weighted by Crippen LogP contribution is 2.07. The van der Waals surface area contributed by atoms with Crippen molar-refractivity contribution in [2.45, 2.75) is 45.4 Å². The van der Waals surface area contributed by atoms with E-state index in [1.165, 1.54) is 0 Å². The molecule has 1 amide bonds. The molecule has 0 radical (unpaired) electrons. The largest absolute Gasteiger partial charge is 0.444 e. The fourth-order valence-corrected chi connectivity index (χ4v) is 0.748. The molecule has 0 heterocycles. The second-order valence-electron chi connectivity index (χ2n) is 4.18. The first-order valence-electron chi connectivity index (χ1n) is 4.54. The van der Waals surface area contributed by atoms with Gasteiger partial charge in [-0.25, -0.2) is 4.79 Å². The van der Waals surface area contributed by atoms with Gasteiger partial charge in [0, 0.05) is 0 Å². The Labute approximate surface area is 84.1 Å². The van der Waals surface area contributed by atoms with E-state index in [0.29, 0.717) is 0 Å². The molecule has 0 aliphatic carbocycles. The van der Waals surface area contributed by atoms with Crippen LogP contribution in [0.5, 0.6) is 0 Å². The molecular weight excluding hydrogens is 186 g/mol. The molecular formula is C9H19NO4. The summed E-state index contributed by atoms with van der Waals surface area (Å²) in [5.74, 6) is 0. The Kier molecular flexibility index (Phi) is 4.87. The number of carbonyl (C=O) groups is 1. The minimum absolute atomic E-state index is 0.392. The van der Waals surface area contributed by atoms with Gasteiger partial charge in [-0.2, -0.15) is 0 Å². The van der Waals surface area contributed by atoms with Crippen molar-refractivity contribution in [2.24, 2.45) is 0 Å². The maximum absolute atomic E-state index is 11.2. The molecule has 2 unspecified atom stereocenters. The number of alkyl carbamates (subject to hydrolysis) is 1. The van der Waals surface area contributed by atoms with E-state index in [2.05, 4.69) is 5.32 Å². The van der Waals surface area contributed by atoms with Crippen molar-refractivity contribution in [2.75, 3.05) is 6.61 Å². The lowest BCUT2D eigenvalue weighted by Gasteiger charge is -2.23. The van der Waals surface area contributed by atoms with Crippen molar-refractivity contribution in [3.05, 3.63) is 0 Å². The van der Waals surface area contributed by atoms with Gasteiger partial charge in [0.1, 0.15) is 5.60 Å². The standard InChI is InChI=1S/C9H19NO4/c1-6(7(12)5-11)10-8(13)14-9(2,3)4/h6-7,11-12H,5H2,1-4H3,(H,10,13). The summed E-state index contributed by atoms with van der Waals surface area (Å²) in [5, 5.41) is 20.2. The molecule has 0 saturated carbocycles. The van der Waals surface area contributed by atoms with Gasteiger partial charge < -0.3 is 20.3 Å². The van der Waals surface area contributed by atoms with Gasteiger partial charge in [-0.05, 0) is 27.7 Å². The molecule has 0 saturated heterocycles. The van der Waals surface area contributed by atoms with E-state index < -0.39 is 30.4 Å². The van der Waals surface area contributed by atoms with E-state index >= 15 is 0 Å². The SMILES string of the molecule is CC(NC(=O)OC(C)(C)C)C(O)CO. The molecule has 0 aromatic heterocycles. The van der Waals surface area contributed by atoms with E-state index in [0.717, 1.165) is 0 Å². The van der Waals surface area contributed by atoms with Crippen LogP contribution in [0.1, 0.15) is 27.7 Å². The molecule has 14 heavy (non-hydrogen) atoms. The molecule has 3 N–H and O–H groups in total. The molecule has 0 fully saturated rings. The van der Waals surface area contributed by atoms with Crippen LogP contribution in [-0.2, 0) is 4.74 Å². The number of hydrogen-bond donors (Lipinski definition) is 3. The van der Waals surface area contributed by atoms with Crippen molar-refractivity contribution in [3.8, 4) is 0 Å². The van der Waals surface area contributed by atoms with Crippen LogP contribution in [0.2, 0.25) is 0 Å². The number of ether oxygens (including phenoxy) is 1. The quantitative estimate of drug-likeness (QED) is 0.617. The van der Waals surface area contributed by atoms with Gasteiger partial charge >= 0.3 is 6.09 Å². The molecule has 5 nitrogen and oxygen atoms in total. The summed E-state index contributed by atoms with van der Waals surface area (Å²) in [6, 6.07) is -0.533. The van der Waals surface area contributed by atoms with Crippen LogP contribution in [-0.4, -0.2) is 40.7 Å². The second kappa shape index (κ2) is 5.17. The Morgan fingerprint density at radius 3 is 2.36 bits per heavy atom. The van der Waals surface area contributed by atoms with Crippen LogP contribution in [0.15, 0.2) is 0 Å². The lowest BCUT2D eigenvalue weighted by Crippen LogP contribution is -2.44. The molecule has 0 aromatic carbocycles. The molecule has 2 atom stereocenters. The Balaban J connectivity index is 3.95. The third-order valence-electron chi connectivity index (χ3n) is 1.51. The summed E-state index contributed by atoms with van der Waals surface area (Å²) >= 11 is 0. The lowest BCUT2D eigenvalue weighted by atomic mass is 10.2. The summed E-state index contributed by atoms with van der Waals surface area (Å²) in [6.07, 6.45) is -1.57. The van der Waals surface area contributed by atoms with Gasteiger partial charge in [0.25, 0.3) is 0 Å². The first kappa shape index (κ1) is 13.2. The highest BCUT2D eigenvalue weighted by Gasteiger charge is 2.20. The number of amides is 1. The zero-order chi connectivity index (χ0) is 11.4. The van der Waals surface area contributed by atoms with E-state index in [4.69, 9.17) is 14.9 Å². The van der Waals surface area contributed by atoms with E-state index in [9.17, 15) is 4.79 Å². The first-order valence-corrected chi connectivity index (χ1v) is 4.54. The maximum atomic E-state index is 11.2. The number of aliphatic hydroxyl groups is 2. The Hall–Kier alpha value is -0.810. The smallest absolute Gasteiger partial charge is 0.407 e. The topological polar surface area (TPSA) is 78.8 Å². The minimum Gasteiger partial charge on any atom is -0.444 e.